The van der Waals surface area contributed by atoms with Crippen LogP contribution in [0.5, 0.6) is 0 Å². The Balaban J connectivity index is 3.14. The molecule has 0 aliphatic heterocycles. The predicted octanol–water partition coefficient (Wildman–Crippen LogP) is 1.37. The van der Waals surface area contributed by atoms with E-state index in [9.17, 15) is 0 Å². The molecular formula is C9H15N3. The Morgan fingerprint density at radius 3 is 2.67 bits per heavy atom. The van der Waals surface area contributed by atoms with E-state index in [2.05, 4.69) is 16.9 Å². The second kappa shape index (κ2) is 3.63. The molecule has 1 unspecified atom stereocenters. The van der Waals surface area contributed by atoms with E-state index in [0.717, 1.165) is 23.4 Å². The Bertz CT molecular complexity index is 268. The molecule has 66 valence electrons. The van der Waals surface area contributed by atoms with Gasteiger partial charge in [0.2, 0.25) is 0 Å². The molecule has 0 saturated heterocycles. The first-order chi connectivity index (χ1) is 5.66. The molecule has 1 aromatic heterocycles. The van der Waals surface area contributed by atoms with Gasteiger partial charge in [-0.3, -0.25) is 0 Å². The van der Waals surface area contributed by atoms with Crippen molar-refractivity contribution >= 4 is 0 Å². The first kappa shape index (κ1) is 9.13. The lowest BCUT2D eigenvalue weighted by molar-refractivity contribution is 0.753. The van der Waals surface area contributed by atoms with Gasteiger partial charge in [0.25, 0.3) is 0 Å². The topological polar surface area (TPSA) is 51.8 Å². The van der Waals surface area contributed by atoms with Crippen molar-refractivity contribution < 1.29 is 0 Å². The molecule has 1 heterocycles. The lowest BCUT2D eigenvalue weighted by Crippen LogP contribution is -2.11. The lowest BCUT2D eigenvalue weighted by atomic mass is 10.1. The van der Waals surface area contributed by atoms with E-state index in [1.54, 1.807) is 6.33 Å². The van der Waals surface area contributed by atoms with Gasteiger partial charge in [0.05, 0.1) is 5.69 Å². The average molecular weight is 165 g/mol. The number of aryl methyl sites for hydroxylation is 1. The molecule has 0 aliphatic rings. The van der Waals surface area contributed by atoms with Gasteiger partial charge in [0, 0.05) is 11.7 Å². The van der Waals surface area contributed by atoms with Crippen molar-refractivity contribution in [2.24, 2.45) is 5.73 Å². The fourth-order valence-corrected chi connectivity index (χ4v) is 1.32. The molecular weight excluding hydrogens is 150 g/mol. The van der Waals surface area contributed by atoms with Crippen LogP contribution in [0.3, 0.4) is 0 Å². The number of hydrogen-bond donors (Lipinski definition) is 1. The van der Waals surface area contributed by atoms with E-state index in [1.165, 1.54) is 0 Å². The molecule has 1 atom stereocenters. The van der Waals surface area contributed by atoms with Crippen molar-refractivity contribution in [1.29, 1.82) is 0 Å². The minimum absolute atomic E-state index is 0.00157. The maximum Gasteiger partial charge on any atom is 0.116 e. The van der Waals surface area contributed by atoms with E-state index in [0.29, 0.717) is 0 Å². The second-order valence-corrected chi connectivity index (χ2v) is 2.97. The molecule has 0 spiro atoms. The van der Waals surface area contributed by atoms with Gasteiger partial charge < -0.3 is 5.73 Å². The van der Waals surface area contributed by atoms with Crippen LogP contribution in [-0.2, 0) is 6.42 Å². The monoisotopic (exact) mass is 165 g/mol. The Morgan fingerprint density at radius 2 is 2.17 bits per heavy atom. The van der Waals surface area contributed by atoms with Crippen LogP contribution in [0.25, 0.3) is 0 Å². The summed E-state index contributed by atoms with van der Waals surface area (Å²) in [6, 6.07) is -0.00157. The first-order valence-electron chi connectivity index (χ1n) is 4.22. The number of rotatable bonds is 2. The fraction of sp³-hybridized carbons (Fsp3) is 0.556. The molecule has 1 aromatic rings. The summed E-state index contributed by atoms with van der Waals surface area (Å²) >= 11 is 0. The van der Waals surface area contributed by atoms with Gasteiger partial charge in [-0.05, 0) is 25.8 Å². The first-order valence-corrected chi connectivity index (χ1v) is 4.22. The molecule has 1 rings (SSSR count). The zero-order valence-corrected chi connectivity index (χ0v) is 7.83. The summed E-state index contributed by atoms with van der Waals surface area (Å²) in [5.74, 6) is 0. The van der Waals surface area contributed by atoms with E-state index in [4.69, 9.17) is 5.73 Å². The molecule has 0 fully saturated rings. The molecule has 2 N–H and O–H groups in total. The van der Waals surface area contributed by atoms with Crippen LogP contribution in [0.2, 0.25) is 0 Å². The summed E-state index contributed by atoms with van der Waals surface area (Å²) in [5.41, 5.74) is 8.94. The van der Waals surface area contributed by atoms with Gasteiger partial charge in [0.1, 0.15) is 6.33 Å². The summed E-state index contributed by atoms with van der Waals surface area (Å²) < 4.78 is 0. The average Bonchev–Trinajstić information content (AvgIpc) is 2.04. The fourth-order valence-electron chi connectivity index (χ4n) is 1.32. The maximum absolute atomic E-state index is 5.75. The Labute approximate surface area is 73.0 Å². The van der Waals surface area contributed by atoms with Gasteiger partial charge in [-0.25, -0.2) is 9.97 Å². The molecule has 0 radical (unpaired) electrons. The van der Waals surface area contributed by atoms with Crippen LogP contribution in [0, 0.1) is 6.92 Å². The largest absolute Gasteiger partial charge is 0.323 e. The molecule has 3 nitrogen and oxygen atoms in total. The van der Waals surface area contributed by atoms with E-state index in [1.807, 2.05) is 13.8 Å². The SMILES string of the molecule is CCc1ncnc(C(C)N)c1C. The Hall–Kier alpha value is -0.960. The summed E-state index contributed by atoms with van der Waals surface area (Å²) in [6.07, 6.45) is 2.53. The zero-order valence-electron chi connectivity index (χ0n) is 7.83. The Kier molecular flexibility index (Phi) is 2.76. The van der Waals surface area contributed by atoms with E-state index < -0.39 is 0 Å². The third kappa shape index (κ3) is 1.61. The molecule has 0 saturated carbocycles. The summed E-state index contributed by atoms with van der Waals surface area (Å²) in [4.78, 5) is 8.32. The highest BCUT2D eigenvalue weighted by Gasteiger charge is 2.08. The number of hydrogen-bond acceptors (Lipinski definition) is 3. The van der Waals surface area contributed by atoms with Crippen LogP contribution >= 0.6 is 0 Å². The van der Waals surface area contributed by atoms with Gasteiger partial charge in [-0.2, -0.15) is 0 Å². The van der Waals surface area contributed by atoms with Crippen molar-refractivity contribution in [2.45, 2.75) is 33.2 Å². The number of nitrogens with two attached hydrogens (primary N) is 1. The normalized spacial score (nSPS) is 13.0. The predicted molar refractivity (Wildman–Crippen MR) is 48.7 cm³/mol. The van der Waals surface area contributed by atoms with Gasteiger partial charge in [-0.15, -0.1) is 0 Å². The van der Waals surface area contributed by atoms with Crippen molar-refractivity contribution in [3.8, 4) is 0 Å². The van der Waals surface area contributed by atoms with Crippen LogP contribution in [-0.4, -0.2) is 9.97 Å². The smallest absolute Gasteiger partial charge is 0.116 e. The van der Waals surface area contributed by atoms with Crippen molar-refractivity contribution in [1.82, 2.24) is 9.97 Å². The molecule has 3 heteroatoms. The van der Waals surface area contributed by atoms with Crippen molar-refractivity contribution in [2.75, 3.05) is 0 Å². The summed E-state index contributed by atoms with van der Waals surface area (Å²) in [5, 5.41) is 0. The number of aromatic nitrogens is 2. The molecule has 0 aliphatic carbocycles. The van der Waals surface area contributed by atoms with Crippen LogP contribution < -0.4 is 5.73 Å². The van der Waals surface area contributed by atoms with Crippen LogP contribution in [0.15, 0.2) is 6.33 Å². The van der Waals surface area contributed by atoms with E-state index >= 15 is 0 Å². The van der Waals surface area contributed by atoms with Crippen molar-refractivity contribution in [3.63, 3.8) is 0 Å². The third-order valence-corrected chi connectivity index (χ3v) is 1.99. The van der Waals surface area contributed by atoms with Gasteiger partial charge in [-0.1, -0.05) is 6.92 Å². The second-order valence-electron chi connectivity index (χ2n) is 2.97. The molecule has 0 amide bonds. The third-order valence-electron chi connectivity index (χ3n) is 1.99. The summed E-state index contributed by atoms with van der Waals surface area (Å²) in [6.45, 7) is 6.05. The van der Waals surface area contributed by atoms with Crippen LogP contribution in [0.4, 0.5) is 0 Å². The van der Waals surface area contributed by atoms with E-state index in [-0.39, 0.29) is 6.04 Å². The van der Waals surface area contributed by atoms with Crippen molar-refractivity contribution in [3.05, 3.63) is 23.3 Å². The number of nitrogens with zero attached hydrogens (tertiary/aromatic N) is 2. The standard InChI is InChI=1S/C9H15N3/c1-4-8-6(2)9(7(3)10)12-5-11-8/h5,7H,4,10H2,1-3H3. The lowest BCUT2D eigenvalue weighted by Gasteiger charge is -2.10. The molecule has 0 bridgehead atoms. The Morgan fingerprint density at radius 1 is 1.50 bits per heavy atom. The van der Waals surface area contributed by atoms with Crippen LogP contribution in [0.1, 0.15) is 36.8 Å². The minimum atomic E-state index is -0.00157. The quantitative estimate of drug-likeness (QED) is 0.720. The van der Waals surface area contributed by atoms with Gasteiger partial charge >= 0.3 is 0 Å². The minimum Gasteiger partial charge on any atom is -0.323 e. The maximum atomic E-state index is 5.75. The van der Waals surface area contributed by atoms with Gasteiger partial charge in [0.15, 0.2) is 0 Å². The molecule has 0 aromatic carbocycles. The zero-order chi connectivity index (χ0) is 9.14. The molecule has 12 heavy (non-hydrogen) atoms. The highest BCUT2D eigenvalue weighted by Crippen LogP contribution is 2.14. The highest BCUT2D eigenvalue weighted by molar-refractivity contribution is 5.24. The summed E-state index contributed by atoms with van der Waals surface area (Å²) in [7, 11) is 0. The highest BCUT2D eigenvalue weighted by atomic mass is 14.9.